The molecular weight excluding hydrogens is 363 g/mol. The second-order valence-electron chi connectivity index (χ2n) is 3.70. The lowest BCUT2D eigenvalue weighted by Gasteiger charge is -2.27. The van der Waals surface area contributed by atoms with Gasteiger partial charge in [0.05, 0.1) is 22.8 Å². The van der Waals surface area contributed by atoms with Crippen molar-refractivity contribution in [1.82, 2.24) is 5.01 Å². The monoisotopic (exact) mass is 374 g/mol. The van der Waals surface area contributed by atoms with Gasteiger partial charge in [0.2, 0.25) is 5.90 Å². The molecule has 1 aromatic carbocycles. The number of non-ortho nitro benzene ring substituents is 1. The second-order valence-corrected chi connectivity index (χ2v) is 4.38. The van der Waals surface area contributed by atoms with Crippen LogP contribution in [0.15, 0.2) is 34.4 Å². The number of hydrogen-bond donors (Lipinski definition) is 0. The third-order valence-corrected chi connectivity index (χ3v) is 3.27. The predicted molar refractivity (Wildman–Crippen MR) is 79.5 cm³/mol. The molecule has 0 saturated carbocycles. The van der Waals surface area contributed by atoms with Gasteiger partial charge < -0.3 is 4.74 Å². The van der Waals surface area contributed by atoms with E-state index in [1.807, 2.05) is 0 Å². The summed E-state index contributed by atoms with van der Waals surface area (Å²) in [6.07, 6.45) is 1.27. The number of ether oxygens (including phenoxy) is 1. The zero-order chi connectivity index (χ0) is 13.8. The first kappa shape index (κ1) is 13.7. The van der Waals surface area contributed by atoms with E-state index >= 15 is 0 Å². The summed E-state index contributed by atoms with van der Waals surface area (Å²) >= 11 is 2.17. The van der Waals surface area contributed by atoms with Gasteiger partial charge >= 0.3 is 0 Å². The number of methoxy groups -OCH3 is 1. The standard InChI is InChI=1S/C11H11IN4O3/c1-19-10-6-13-11(15(7-12)14-10)8-2-4-9(5-3-8)16(17)18/h2-6,11H,7H2,1H3/t11-/m0/s1. The number of alkyl halides is 1. The van der Waals surface area contributed by atoms with Crippen LogP contribution in [0.4, 0.5) is 5.69 Å². The van der Waals surface area contributed by atoms with Crippen molar-refractivity contribution >= 4 is 40.4 Å². The minimum atomic E-state index is -0.425. The zero-order valence-corrected chi connectivity index (χ0v) is 12.2. The SMILES string of the molecule is COC1=NN(CI)[C@@H](c2ccc([N+](=O)[O-])cc2)N=C1. The number of nitrogens with zero attached hydrogens (tertiary/aromatic N) is 4. The average Bonchev–Trinajstić information content (AvgIpc) is 2.46. The van der Waals surface area contributed by atoms with Crippen molar-refractivity contribution < 1.29 is 9.66 Å². The highest BCUT2D eigenvalue weighted by Gasteiger charge is 2.21. The summed E-state index contributed by atoms with van der Waals surface area (Å²) in [5.41, 5.74) is 0.906. The van der Waals surface area contributed by atoms with E-state index in [2.05, 4.69) is 32.7 Å². The van der Waals surface area contributed by atoms with E-state index < -0.39 is 4.92 Å². The first-order valence-electron chi connectivity index (χ1n) is 5.38. The van der Waals surface area contributed by atoms with Crippen LogP contribution in [-0.4, -0.2) is 33.7 Å². The predicted octanol–water partition coefficient (Wildman–Crippen LogP) is 2.33. The number of hydrazone groups is 1. The molecule has 1 aliphatic rings. The molecule has 0 fully saturated rings. The Morgan fingerprint density at radius 1 is 1.47 bits per heavy atom. The number of nitro benzene ring substituents is 1. The van der Waals surface area contributed by atoms with E-state index in [1.54, 1.807) is 23.4 Å². The summed E-state index contributed by atoms with van der Waals surface area (Å²) in [7, 11) is 1.53. The van der Waals surface area contributed by atoms with Crippen LogP contribution in [0.3, 0.4) is 0 Å². The van der Waals surface area contributed by atoms with Crippen molar-refractivity contribution in [3.63, 3.8) is 0 Å². The van der Waals surface area contributed by atoms with Crippen LogP contribution in [0.2, 0.25) is 0 Å². The van der Waals surface area contributed by atoms with Gasteiger partial charge in [0.15, 0.2) is 6.17 Å². The Balaban J connectivity index is 2.24. The molecule has 0 bridgehead atoms. The molecule has 0 N–H and O–H groups in total. The fraction of sp³-hybridized carbons (Fsp3) is 0.273. The second kappa shape index (κ2) is 5.95. The summed E-state index contributed by atoms with van der Waals surface area (Å²) in [6, 6.07) is 6.30. The molecule has 0 radical (unpaired) electrons. The number of benzene rings is 1. The Hall–Kier alpha value is -1.71. The van der Waals surface area contributed by atoms with Crippen molar-refractivity contribution in [3.8, 4) is 0 Å². The summed E-state index contributed by atoms with van der Waals surface area (Å²) in [6.45, 7) is 0. The first-order valence-corrected chi connectivity index (χ1v) is 6.91. The average molecular weight is 374 g/mol. The molecular formula is C11H11IN4O3. The van der Waals surface area contributed by atoms with Gasteiger partial charge in [0, 0.05) is 12.1 Å². The fourth-order valence-corrected chi connectivity index (χ4v) is 2.16. The summed E-state index contributed by atoms with van der Waals surface area (Å²) in [5.74, 6) is 0.440. The normalized spacial score (nSPS) is 18.1. The van der Waals surface area contributed by atoms with E-state index in [0.29, 0.717) is 10.4 Å². The summed E-state index contributed by atoms with van der Waals surface area (Å²) < 4.78 is 5.65. The third kappa shape index (κ3) is 3.00. The zero-order valence-electron chi connectivity index (χ0n) is 10.1. The largest absolute Gasteiger partial charge is 0.479 e. The Bertz CT molecular complexity index is 529. The number of hydrogen-bond acceptors (Lipinski definition) is 6. The number of nitro groups is 1. The third-order valence-electron chi connectivity index (χ3n) is 2.57. The Kier molecular flexibility index (Phi) is 4.30. The fourth-order valence-electron chi connectivity index (χ4n) is 1.63. The molecule has 8 heteroatoms. The molecule has 7 nitrogen and oxygen atoms in total. The quantitative estimate of drug-likeness (QED) is 0.267. The van der Waals surface area contributed by atoms with Crippen LogP contribution in [-0.2, 0) is 4.74 Å². The van der Waals surface area contributed by atoms with Gasteiger partial charge in [-0.3, -0.25) is 20.1 Å². The van der Waals surface area contributed by atoms with Crippen LogP contribution in [0.25, 0.3) is 0 Å². The summed E-state index contributed by atoms with van der Waals surface area (Å²) in [5, 5.41) is 16.6. The lowest BCUT2D eigenvalue weighted by atomic mass is 10.1. The Labute approximate surface area is 123 Å². The smallest absolute Gasteiger partial charge is 0.269 e. The minimum absolute atomic E-state index is 0.0608. The highest BCUT2D eigenvalue weighted by atomic mass is 127. The van der Waals surface area contributed by atoms with Crippen LogP contribution in [0, 0.1) is 10.1 Å². The Morgan fingerprint density at radius 3 is 2.68 bits per heavy atom. The molecule has 19 heavy (non-hydrogen) atoms. The molecule has 0 aliphatic carbocycles. The lowest BCUT2D eigenvalue weighted by molar-refractivity contribution is -0.384. The van der Waals surface area contributed by atoms with Gasteiger partial charge in [0.25, 0.3) is 5.69 Å². The van der Waals surface area contributed by atoms with E-state index in [4.69, 9.17) is 4.74 Å². The highest BCUT2D eigenvalue weighted by Crippen LogP contribution is 2.27. The molecule has 1 aromatic rings. The van der Waals surface area contributed by atoms with E-state index in [9.17, 15) is 10.1 Å². The van der Waals surface area contributed by atoms with Crippen molar-refractivity contribution in [2.24, 2.45) is 10.1 Å². The molecule has 0 spiro atoms. The topological polar surface area (TPSA) is 80.3 Å². The molecule has 0 unspecified atom stereocenters. The van der Waals surface area contributed by atoms with Crippen molar-refractivity contribution in [1.29, 1.82) is 0 Å². The van der Waals surface area contributed by atoms with Crippen LogP contribution < -0.4 is 0 Å². The number of rotatable bonds is 3. The molecule has 0 saturated heterocycles. The molecule has 0 aromatic heterocycles. The van der Waals surface area contributed by atoms with E-state index in [0.717, 1.165) is 5.56 Å². The van der Waals surface area contributed by atoms with E-state index in [1.165, 1.54) is 19.2 Å². The number of halogens is 1. The van der Waals surface area contributed by atoms with E-state index in [-0.39, 0.29) is 11.9 Å². The van der Waals surface area contributed by atoms with Gasteiger partial charge in [-0.1, -0.05) is 22.6 Å². The molecule has 2 rings (SSSR count). The summed E-state index contributed by atoms with van der Waals surface area (Å²) in [4.78, 5) is 14.5. The van der Waals surface area contributed by atoms with Crippen LogP contribution >= 0.6 is 22.6 Å². The van der Waals surface area contributed by atoms with Gasteiger partial charge in [-0.25, -0.2) is 0 Å². The van der Waals surface area contributed by atoms with Crippen LogP contribution in [0.1, 0.15) is 11.7 Å². The van der Waals surface area contributed by atoms with Gasteiger partial charge in [0.1, 0.15) is 0 Å². The minimum Gasteiger partial charge on any atom is -0.479 e. The molecule has 1 heterocycles. The van der Waals surface area contributed by atoms with Crippen molar-refractivity contribution in [2.75, 3.05) is 11.7 Å². The maximum absolute atomic E-state index is 10.6. The van der Waals surface area contributed by atoms with Crippen LogP contribution in [0.5, 0.6) is 0 Å². The van der Waals surface area contributed by atoms with Gasteiger partial charge in [-0.15, -0.1) is 5.10 Å². The Morgan fingerprint density at radius 2 is 2.16 bits per heavy atom. The van der Waals surface area contributed by atoms with Gasteiger partial charge in [-0.05, 0) is 17.7 Å². The highest BCUT2D eigenvalue weighted by molar-refractivity contribution is 14.1. The van der Waals surface area contributed by atoms with Gasteiger partial charge in [-0.2, -0.15) is 0 Å². The number of aliphatic imine (C=N–C) groups is 1. The molecule has 0 amide bonds. The molecule has 1 aliphatic heterocycles. The van der Waals surface area contributed by atoms with Crippen molar-refractivity contribution in [2.45, 2.75) is 6.17 Å². The maximum Gasteiger partial charge on any atom is 0.269 e. The van der Waals surface area contributed by atoms with Crippen molar-refractivity contribution in [3.05, 3.63) is 39.9 Å². The lowest BCUT2D eigenvalue weighted by Crippen LogP contribution is -2.28. The molecule has 1 atom stereocenters. The maximum atomic E-state index is 10.6. The molecule has 100 valence electrons. The first-order chi connectivity index (χ1) is 9.15.